The van der Waals surface area contributed by atoms with Gasteiger partial charge < -0.3 is 14.5 Å². The van der Waals surface area contributed by atoms with Crippen LogP contribution >= 0.6 is 0 Å². The van der Waals surface area contributed by atoms with Gasteiger partial charge in [-0.1, -0.05) is 12.1 Å². The summed E-state index contributed by atoms with van der Waals surface area (Å²) in [6.45, 7) is 11.1. The van der Waals surface area contributed by atoms with Gasteiger partial charge in [0.25, 0.3) is 0 Å². The van der Waals surface area contributed by atoms with Gasteiger partial charge in [-0.3, -0.25) is 9.69 Å². The van der Waals surface area contributed by atoms with Crippen molar-refractivity contribution in [1.29, 1.82) is 0 Å². The number of hydrogen-bond acceptors (Lipinski definition) is 5. The Morgan fingerprint density at radius 2 is 1.95 bits per heavy atom. The zero-order valence-corrected chi connectivity index (χ0v) is 13.1. The third-order valence-corrected chi connectivity index (χ3v) is 4.20. The molecule has 6 nitrogen and oxygen atoms in total. The quantitative estimate of drug-likeness (QED) is 0.888. The highest BCUT2D eigenvalue weighted by atomic mass is 16.5. The Morgan fingerprint density at radius 1 is 1.29 bits per heavy atom. The minimum absolute atomic E-state index is 0.306. The molecule has 1 aromatic heterocycles. The SMILES string of the molecule is Cc1noc(C)c1CN1CCCN(CC(C)C(=O)O)CC1. The molecule has 0 saturated carbocycles. The smallest absolute Gasteiger partial charge is 0.307 e. The van der Waals surface area contributed by atoms with Crippen LogP contribution in [0.3, 0.4) is 0 Å². The second-order valence-corrected chi connectivity index (χ2v) is 5.97. The molecule has 2 heterocycles. The molecule has 21 heavy (non-hydrogen) atoms. The molecule has 0 aliphatic carbocycles. The fourth-order valence-corrected chi connectivity index (χ4v) is 2.78. The van der Waals surface area contributed by atoms with Crippen LogP contribution in [0.15, 0.2) is 4.52 Å². The average Bonchev–Trinajstić information content (AvgIpc) is 2.65. The van der Waals surface area contributed by atoms with E-state index in [-0.39, 0.29) is 5.92 Å². The molecular weight excluding hydrogens is 270 g/mol. The molecule has 0 amide bonds. The van der Waals surface area contributed by atoms with E-state index in [0.717, 1.165) is 50.6 Å². The van der Waals surface area contributed by atoms with E-state index in [9.17, 15) is 4.79 Å². The first-order chi connectivity index (χ1) is 9.97. The monoisotopic (exact) mass is 295 g/mol. The van der Waals surface area contributed by atoms with Crippen LogP contribution in [0.5, 0.6) is 0 Å². The van der Waals surface area contributed by atoms with Gasteiger partial charge in [0, 0.05) is 31.7 Å². The van der Waals surface area contributed by atoms with Crippen molar-refractivity contribution in [2.75, 3.05) is 32.7 Å². The summed E-state index contributed by atoms with van der Waals surface area (Å²) in [5.74, 6) is -0.126. The number of nitrogens with zero attached hydrogens (tertiary/aromatic N) is 3. The Hall–Kier alpha value is -1.40. The van der Waals surface area contributed by atoms with Crippen molar-refractivity contribution >= 4 is 5.97 Å². The summed E-state index contributed by atoms with van der Waals surface area (Å²) >= 11 is 0. The Labute approximate surface area is 125 Å². The summed E-state index contributed by atoms with van der Waals surface area (Å²) < 4.78 is 5.22. The topological polar surface area (TPSA) is 69.8 Å². The minimum Gasteiger partial charge on any atom is -0.481 e. The largest absolute Gasteiger partial charge is 0.481 e. The summed E-state index contributed by atoms with van der Waals surface area (Å²) in [6, 6.07) is 0. The van der Waals surface area contributed by atoms with Crippen molar-refractivity contribution in [3.8, 4) is 0 Å². The van der Waals surface area contributed by atoms with Crippen LogP contribution < -0.4 is 0 Å². The number of aromatic nitrogens is 1. The summed E-state index contributed by atoms with van der Waals surface area (Å²) in [4.78, 5) is 15.6. The summed E-state index contributed by atoms with van der Waals surface area (Å²) in [7, 11) is 0. The first kappa shape index (κ1) is 16.0. The number of carboxylic acid groups (broad SMARTS) is 1. The van der Waals surface area contributed by atoms with Crippen LogP contribution in [0.25, 0.3) is 0 Å². The maximum Gasteiger partial charge on any atom is 0.307 e. The van der Waals surface area contributed by atoms with Crippen molar-refractivity contribution in [2.24, 2.45) is 5.92 Å². The highest BCUT2D eigenvalue weighted by Gasteiger charge is 2.21. The van der Waals surface area contributed by atoms with Crippen molar-refractivity contribution < 1.29 is 14.4 Å². The van der Waals surface area contributed by atoms with Crippen LogP contribution in [0, 0.1) is 19.8 Å². The third-order valence-electron chi connectivity index (χ3n) is 4.20. The maximum absolute atomic E-state index is 11.0. The molecule has 0 spiro atoms. The second kappa shape index (κ2) is 7.04. The lowest BCUT2D eigenvalue weighted by Gasteiger charge is -2.23. The molecule has 1 aliphatic rings. The van der Waals surface area contributed by atoms with Crippen molar-refractivity contribution in [3.63, 3.8) is 0 Å². The highest BCUT2D eigenvalue weighted by Crippen LogP contribution is 2.16. The predicted molar refractivity (Wildman–Crippen MR) is 79.1 cm³/mol. The maximum atomic E-state index is 11.0. The van der Waals surface area contributed by atoms with E-state index in [1.165, 1.54) is 5.56 Å². The van der Waals surface area contributed by atoms with Gasteiger partial charge in [0.05, 0.1) is 11.6 Å². The first-order valence-electron chi connectivity index (χ1n) is 7.56. The van der Waals surface area contributed by atoms with Crippen LogP contribution in [-0.2, 0) is 11.3 Å². The van der Waals surface area contributed by atoms with Gasteiger partial charge in [-0.2, -0.15) is 0 Å². The first-order valence-corrected chi connectivity index (χ1v) is 7.56. The van der Waals surface area contributed by atoms with E-state index in [4.69, 9.17) is 9.63 Å². The molecule has 6 heteroatoms. The number of aliphatic carboxylic acids is 1. The molecule has 1 fully saturated rings. The summed E-state index contributed by atoms with van der Waals surface area (Å²) in [5, 5.41) is 13.0. The van der Waals surface area contributed by atoms with Crippen molar-refractivity contribution in [1.82, 2.24) is 15.0 Å². The fraction of sp³-hybridized carbons (Fsp3) is 0.733. The fourth-order valence-electron chi connectivity index (χ4n) is 2.78. The van der Waals surface area contributed by atoms with E-state index >= 15 is 0 Å². The number of rotatable bonds is 5. The van der Waals surface area contributed by atoms with Crippen LogP contribution in [-0.4, -0.2) is 58.8 Å². The zero-order chi connectivity index (χ0) is 15.4. The molecule has 0 bridgehead atoms. The lowest BCUT2D eigenvalue weighted by atomic mass is 10.1. The number of hydrogen-bond donors (Lipinski definition) is 1. The molecule has 2 rings (SSSR count). The van der Waals surface area contributed by atoms with Crippen molar-refractivity contribution in [2.45, 2.75) is 33.7 Å². The molecule has 118 valence electrons. The van der Waals surface area contributed by atoms with Crippen molar-refractivity contribution in [3.05, 3.63) is 17.0 Å². The Bertz CT molecular complexity index is 467. The number of carbonyl (C=O) groups is 1. The van der Waals surface area contributed by atoms with Crippen LogP contribution in [0.4, 0.5) is 0 Å². The van der Waals surface area contributed by atoms with Gasteiger partial charge in [0.1, 0.15) is 5.76 Å². The van der Waals surface area contributed by atoms with Gasteiger partial charge in [-0.25, -0.2) is 0 Å². The molecule has 0 aromatic carbocycles. The standard InChI is InChI=1S/C15H25N3O3/c1-11(15(19)20)9-17-5-4-6-18(8-7-17)10-14-12(2)16-21-13(14)3/h11H,4-10H2,1-3H3,(H,19,20). The van der Waals surface area contributed by atoms with Gasteiger partial charge in [-0.15, -0.1) is 0 Å². The molecule has 1 N–H and O–H groups in total. The normalized spacial score (nSPS) is 19.4. The number of carboxylic acids is 1. The predicted octanol–water partition coefficient (Wildman–Crippen LogP) is 1.52. The third kappa shape index (κ3) is 4.28. The molecule has 0 radical (unpaired) electrons. The Morgan fingerprint density at radius 3 is 2.57 bits per heavy atom. The molecule has 1 saturated heterocycles. The van der Waals surface area contributed by atoms with Gasteiger partial charge >= 0.3 is 5.97 Å². The lowest BCUT2D eigenvalue weighted by molar-refractivity contribution is -0.141. The number of aryl methyl sites for hydroxylation is 2. The van der Waals surface area contributed by atoms with E-state index in [1.807, 2.05) is 13.8 Å². The van der Waals surface area contributed by atoms with E-state index in [2.05, 4.69) is 15.0 Å². The molecule has 1 aliphatic heterocycles. The van der Waals surface area contributed by atoms with E-state index in [0.29, 0.717) is 6.54 Å². The molecule has 1 aromatic rings. The second-order valence-electron chi connectivity index (χ2n) is 5.97. The van der Waals surface area contributed by atoms with Crippen LogP contribution in [0.2, 0.25) is 0 Å². The van der Waals surface area contributed by atoms with Gasteiger partial charge in [-0.05, 0) is 33.4 Å². The summed E-state index contributed by atoms with van der Waals surface area (Å²) in [5.41, 5.74) is 2.15. The molecule has 1 unspecified atom stereocenters. The van der Waals surface area contributed by atoms with E-state index < -0.39 is 5.97 Å². The minimum atomic E-state index is -0.716. The molecule has 1 atom stereocenters. The highest BCUT2D eigenvalue weighted by molar-refractivity contribution is 5.69. The van der Waals surface area contributed by atoms with Gasteiger partial charge in [0.15, 0.2) is 0 Å². The Kier molecular flexibility index (Phi) is 5.36. The van der Waals surface area contributed by atoms with Gasteiger partial charge in [0.2, 0.25) is 0 Å². The average molecular weight is 295 g/mol. The lowest BCUT2D eigenvalue weighted by Crippen LogP contribution is -2.35. The van der Waals surface area contributed by atoms with Crippen LogP contribution in [0.1, 0.15) is 30.4 Å². The summed E-state index contributed by atoms with van der Waals surface area (Å²) in [6.07, 6.45) is 1.07. The Balaban J connectivity index is 1.88. The zero-order valence-electron chi connectivity index (χ0n) is 13.1. The molecular formula is C15H25N3O3. The van der Waals surface area contributed by atoms with E-state index in [1.54, 1.807) is 6.92 Å².